The number of aliphatic hydroxyl groups excluding tert-OH is 3. The Labute approximate surface area is 175 Å². The van der Waals surface area contributed by atoms with Gasteiger partial charge in [0, 0.05) is 12.8 Å². The van der Waals surface area contributed by atoms with Gasteiger partial charge in [-0.3, -0.25) is 9.59 Å². The zero-order chi connectivity index (χ0) is 22.1. The van der Waals surface area contributed by atoms with Gasteiger partial charge in [-0.25, -0.2) is 0 Å². The molecule has 0 fully saturated rings. The van der Waals surface area contributed by atoms with E-state index in [1.807, 2.05) is 6.92 Å². The monoisotopic (exact) mass is 418 g/mol. The number of esters is 2. The van der Waals surface area contributed by atoms with Crippen LogP contribution in [0.5, 0.6) is 0 Å². The normalized spacial score (nSPS) is 15.4. The molecule has 0 amide bonds. The summed E-state index contributed by atoms with van der Waals surface area (Å²) in [6.07, 6.45) is 6.80. The molecule has 0 rings (SSSR count). The average Bonchev–Trinajstić information content (AvgIpc) is 2.67. The van der Waals surface area contributed by atoms with Crippen LogP contribution >= 0.6 is 0 Å². The lowest BCUT2D eigenvalue weighted by molar-refractivity contribution is -0.156. The maximum absolute atomic E-state index is 11.9. The lowest BCUT2D eigenvalue weighted by Crippen LogP contribution is -2.37. The summed E-state index contributed by atoms with van der Waals surface area (Å²) in [5, 5.41) is 28.2. The van der Waals surface area contributed by atoms with Crippen LogP contribution in [0.4, 0.5) is 0 Å². The number of hydrogen-bond acceptors (Lipinski definition) is 7. The van der Waals surface area contributed by atoms with Crippen LogP contribution < -0.4 is 0 Å². The molecule has 0 aromatic carbocycles. The van der Waals surface area contributed by atoms with Crippen molar-refractivity contribution in [3.63, 3.8) is 0 Å². The molecule has 0 bridgehead atoms. The molecule has 0 aromatic rings. The first-order valence-electron chi connectivity index (χ1n) is 11.0. The van der Waals surface area contributed by atoms with E-state index < -0.39 is 5.41 Å². The molecule has 0 aliphatic rings. The number of carbonyl (C=O) groups is 2. The summed E-state index contributed by atoms with van der Waals surface area (Å²) in [6.45, 7) is 5.18. The summed E-state index contributed by atoms with van der Waals surface area (Å²) < 4.78 is 10.6. The van der Waals surface area contributed by atoms with Crippen LogP contribution in [0, 0.1) is 5.41 Å². The van der Waals surface area contributed by atoms with Crippen LogP contribution in [0.1, 0.15) is 91.4 Å². The molecule has 7 heteroatoms. The summed E-state index contributed by atoms with van der Waals surface area (Å²) in [4.78, 5) is 23.9. The van der Waals surface area contributed by atoms with E-state index in [4.69, 9.17) is 9.47 Å². The van der Waals surface area contributed by atoms with Gasteiger partial charge in [-0.2, -0.15) is 0 Å². The topological polar surface area (TPSA) is 113 Å². The summed E-state index contributed by atoms with van der Waals surface area (Å²) in [5.41, 5.74) is -0.774. The van der Waals surface area contributed by atoms with Gasteiger partial charge >= 0.3 is 11.9 Å². The molecule has 2 atom stereocenters. The number of aliphatic hydroxyl groups is 3. The van der Waals surface area contributed by atoms with E-state index >= 15 is 0 Å². The van der Waals surface area contributed by atoms with E-state index in [2.05, 4.69) is 0 Å². The number of ether oxygens (including phenoxy) is 2. The minimum Gasteiger partial charge on any atom is -0.465 e. The minimum absolute atomic E-state index is 0.0220. The van der Waals surface area contributed by atoms with Gasteiger partial charge in [-0.1, -0.05) is 32.6 Å². The van der Waals surface area contributed by atoms with Crippen LogP contribution in [0.25, 0.3) is 0 Å². The minimum atomic E-state index is -0.774. The summed E-state index contributed by atoms with van der Waals surface area (Å²) >= 11 is 0. The SMILES string of the molecule is CCC(CO)(COC(=O)CCCCCC(C)O)COC(=O)CCCCCC(C)O. The first-order chi connectivity index (χ1) is 13.7. The molecular formula is C22H42O7. The predicted octanol–water partition coefficient (Wildman–Crippen LogP) is 3.12. The molecule has 7 nitrogen and oxygen atoms in total. The standard InChI is InChI=1S/C22H42O7/c1-4-22(15-23,16-28-20(26)13-9-5-7-11-18(2)24)17-29-21(27)14-10-6-8-12-19(3)25/h18-19,23-25H,4-17H2,1-3H3. The number of hydrogen-bond donors (Lipinski definition) is 3. The highest BCUT2D eigenvalue weighted by atomic mass is 16.5. The van der Waals surface area contributed by atoms with Crippen molar-refractivity contribution in [2.75, 3.05) is 19.8 Å². The summed E-state index contributed by atoms with van der Waals surface area (Å²) in [6, 6.07) is 0. The smallest absolute Gasteiger partial charge is 0.305 e. The first kappa shape index (κ1) is 27.8. The van der Waals surface area contributed by atoms with Crippen molar-refractivity contribution >= 4 is 11.9 Å². The van der Waals surface area contributed by atoms with Crippen molar-refractivity contribution in [1.29, 1.82) is 0 Å². The fourth-order valence-corrected chi connectivity index (χ4v) is 2.83. The number of unbranched alkanes of at least 4 members (excludes halogenated alkanes) is 4. The van der Waals surface area contributed by atoms with Gasteiger partial charge in [-0.05, 0) is 46.0 Å². The third kappa shape index (κ3) is 15.3. The van der Waals surface area contributed by atoms with Gasteiger partial charge < -0.3 is 24.8 Å². The lowest BCUT2D eigenvalue weighted by Gasteiger charge is -2.29. The lowest BCUT2D eigenvalue weighted by atomic mass is 9.88. The second kappa shape index (κ2) is 16.6. The van der Waals surface area contributed by atoms with Gasteiger partial charge in [0.1, 0.15) is 13.2 Å². The van der Waals surface area contributed by atoms with Gasteiger partial charge in [0.2, 0.25) is 0 Å². The third-order valence-electron chi connectivity index (χ3n) is 5.17. The van der Waals surface area contributed by atoms with E-state index in [0.29, 0.717) is 32.1 Å². The summed E-state index contributed by atoms with van der Waals surface area (Å²) in [5.74, 6) is -0.643. The van der Waals surface area contributed by atoms with Crippen LogP contribution in [0.15, 0.2) is 0 Å². The highest BCUT2D eigenvalue weighted by Gasteiger charge is 2.31. The maximum atomic E-state index is 11.9. The van der Waals surface area contributed by atoms with Crippen molar-refractivity contribution in [1.82, 2.24) is 0 Å². The zero-order valence-corrected chi connectivity index (χ0v) is 18.5. The number of carbonyl (C=O) groups excluding carboxylic acids is 2. The van der Waals surface area contributed by atoms with E-state index in [9.17, 15) is 24.9 Å². The fraction of sp³-hybridized carbons (Fsp3) is 0.909. The fourth-order valence-electron chi connectivity index (χ4n) is 2.83. The second-order valence-electron chi connectivity index (χ2n) is 8.23. The predicted molar refractivity (Wildman–Crippen MR) is 111 cm³/mol. The Morgan fingerprint density at radius 1 is 0.793 bits per heavy atom. The van der Waals surface area contributed by atoms with Crippen molar-refractivity contribution < 1.29 is 34.4 Å². The molecule has 0 heterocycles. The highest BCUT2D eigenvalue weighted by Crippen LogP contribution is 2.23. The highest BCUT2D eigenvalue weighted by molar-refractivity contribution is 5.69. The molecular weight excluding hydrogens is 376 g/mol. The Morgan fingerprint density at radius 2 is 1.21 bits per heavy atom. The molecule has 0 aliphatic heterocycles. The number of rotatable bonds is 18. The molecule has 2 unspecified atom stereocenters. The Morgan fingerprint density at radius 3 is 1.52 bits per heavy atom. The van der Waals surface area contributed by atoms with Crippen molar-refractivity contribution in [2.24, 2.45) is 5.41 Å². The largest absolute Gasteiger partial charge is 0.465 e. The summed E-state index contributed by atoms with van der Waals surface area (Å²) in [7, 11) is 0. The molecule has 0 aliphatic carbocycles. The zero-order valence-electron chi connectivity index (χ0n) is 18.5. The van der Waals surface area contributed by atoms with Crippen LogP contribution in [0.3, 0.4) is 0 Å². The molecule has 3 N–H and O–H groups in total. The Bertz CT molecular complexity index is 395. The van der Waals surface area contributed by atoms with Crippen molar-refractivity contribution in [3.05, 3.63) is 0 Å². The molecule has 29 heavy (non-hydrogen) atoms. The van der Waals surface area contributed by atoms with Gasteiger partial charge in [0.25, 0.3) is 0 Å². The van der Waals surface area contributed by atoms with E-state index in [1.165, 1.54) is 0 Å². The molecule has 0 aromatic heterocycles. The van der Waals surface area contributed by atoms with Gasteiger partial charge in [0.15, 0.2) is 0 Å². The van der Waals surface area contributed by atoms with E-state index in [-0.39, 0.29) is 44.0 Å². The van der Waals surface area contributed by atoms with Crippen molar-refractivity contribution in [3.8, 4) is 0 Å². The Kier molecular flexibility index (Phi) is 15.9. The van der Waals surface area contributed by atoms with E-state index in [0.717, 1.165) is 38.5 Å². The van der Waals surface area contributed by atoms with Gasteiger partial charge in [0.05, 0.1) is 24.2 Å². The molecule has 172 valence electrons. The molecule has 0 saturated carbocycles. The molecule has 0 saturated heterocycles. The molecule has 0 radical (unpaired) electrons. The Hall–Kier alpha value is -1.18. The van der Waals surface area contributed by atoms with E-state index in [1.54, 1.807) is 13.8 Å². The average molecular weight is 419 g/mol. The van der Waals surface area contributed by atoms with Crippen LogP contribution in [-0.4, -0.2) is 59.3 Å². The Balaban J connectivity index is 4.12. The first-order valence-corrected chi connectivity index (χ1v) is 11.0. The molecule has 0 spiro atoms. The van der Waals surface area contributed by atoms with Crippen molar-refractivity contribution in [2.45, 2.75) is 104 Å². The quantitative estimate of drug-likeness (QED) is 0.231. The van der Waals surface area contributed by atoms with Gasteiger partial charge in [-0.15, -0.1) is 0 Å². The maximum Gasteiger partial charge on any atom is 0.305 e. The van der Waals surface area contributed by atoms with Crippen LogP contribution in [0.2, 0.25) is 0 Å². The van der Waals surface area contributed by atoms with Crippen LogP contribution in [-0.2, 0) is 19.1 Å². The second-order valence-corrected chi connectivity index (χ2v) is 8.23. The third-order valence-corrected chi connectivity index (χ3v) is 5.17.